The maximum atomic E-state index is 13.6. The van der Waals surface area contributed by atoms with Crippen molar-refractivity contribution >= 4 is 16.8 Å². The number of hydrogen-bond donors (Lipinski definition) is 3. The molecule has 0 spiro atoms. The molecule has 1 aliphatic rings. The van der Waals surface area contributed by atoms with Gasteiger partial charge in [0.25, 0.3) is 0 Å². The van der Waals surface area contributed by atoms with Gasteiger partial charge in [-0.3, -0.25) is 4.79 Å². The molecule has 1 amide bonds. The first kappa shape index (κ1) is 21.2. The van der Waals surface area contributed by atoms with E-state index in [1.807, 2.05) is 12.3 Å². The van der Waals surface area contributed by atoms with Crippen LogP contribution in [0.5, 0.6) is 11.6 Å². The number of hydrogen-bond acceptors (Lipinski definition) is 4. The van der Waals surface area contributed by atoms with Gasteiger partial charge in [-0.05, 0) is 85.3 Å². The summed E-state index contributed by atoms with van der Waals surface area (Å²) in [7, 11) is 0. The average molecular weight is 445 g/mol. The predicted octanol–water partition coefficient (Wildman–Crippen LogP) is 4.80. The minimum absolute atomic E-state index is 0.213. The molecule has 4 aromatic rings. The van der Waals surface area contributed by atoms with Gasteiger partial charge in [0, 0.05) is 35.4 Å². The Labute approximate surface area is 191 Å². The van der Waals surface area contributed by atoms with E-state index in [1.165, 1.54) is 23.4 Å². The van der Waals surface area contributed by atoms with Crippen LogP contribution in [0, 0.1) is 5.82 Å². The molecule has 6 nitrogen and oxygen atoms in total. The van der Waals surface area contributed by atoms with Crippen molar-refractivity contribution in [1.29, 1.82) is 0 Å². The lowest BCUT2D eigenvalue weighted by Gasteiger charge is -2.27. The van der Waals surface area contributed by atoms with Gasteiger partial charge in [-0.15, -0.1) is 0 Å². The number of halogens is 1. The normalized spacial score (nSPS) is 15.4. The molecule has 33 heavy (non-hydrogen) atoms. The summed E-state index contributed by atoms with van der Waals surface area (Å²) in [5.41, 5.74) is 10.2. The molecular weight excluding hydrogens is 419 g/mol. The van der Waals surface area contributed by atoms with Gasteiger partial charge >= 0.3 is 0 Å². The number of nitrogens with two attached hydrogens (primary N) is 1. The molecule has 2 aromatic heterocycles. The molecule has 0 aliphatic heterocycles. The molecular formula is C26H25FN4O2. The Morgan fingerprint density at radius 3 is 2.94 bits per heavy atom. The van der Waals surface area contributed by atoms with Crippen LogP contribution in [-0.2, 0) is 12.8 Å². The number of amides is 1. The number of pyridine rings is 1. The summed E-state index contributed by atoms with van der Waals surface area (Å²) in [6, 6.07) is 14.5. The summed E-state index contributed by atoms with van der Waals surface area (Å²) < 4.78 is 19.5. The number of nitrogens with one attached hydrogen (secondary N) is 2. The second-order valence-electron chi connectivity index (χ2n) is 8.36. The first-order chi connectivity index (χ1) is 16.1. The number of aromatic nitrogens is 2. The minimum Gasteiger partial charge on any atom is -0.439 e. The largest absolute Gasteiger partial charge is 0.439 e. The molecule has 7 heteroatoms. The van der Waals surface area contributed by atoms with Gasteiger partial charge in [-0.25, -0.2) is 9.37 Å². The van der Waals surface area contributed by atoms with Crippen LogP contribution >= 0.6 is 0 Å². The second kappa shape index (κ2) is 9.03. The van der Waals surface area contributed by atoms with Crippen molar-refractivity contribution in [2.75, 3.05) is 6.54 Å². The molecule has 0 fully saturated rings. The number of carbonyl (C=O) groups is 1. The lowest BCUT2D eigenvalue weighted by Crippen LogP contribution is -2.27. The molecule has 1 aliphatic carbocycles. The van der Waals surface area contributed by atoms with E-state index >= 15 is 0 Å². The smallest absolute Gasteiger partial charge is 0.250 e. The fourth-order valence-corrected chi connectivity index (χ4v) is 4.51. The molecule has 2 heterocycles. The maximum absolute atomic E-state index is 13.6. The molecule has 4 N–H and O–H groups in total. The van der Waals surface area contributed by atoms with Crippen LogP contribution < -0.4 is 15.8 Å². The van der Waals surface area contributed by atoms with Crippen molar-refractivity contribution in [2.45, 2.75) is 31.7 Å². The Balaban J connectivity index is 1.24. The van der Waals surface area contributed by atoms with E-state index in [-0.39, 0.29) is 11.9 Å². The van der Waals surface area contributed by atoms with Gasteiger partial charge in [-0.2, -0.15) is 0 Å². The number of aryl methyl sites for hydroxylation is 1. The zero-order valence-corrected chi connectivity index (χ0v) is 18.1. The Kier molecular flexibility index (Phi) is 5.79. The van der Waals surface area contributed by atoms with E-state index in [0.717, 1.165) is 54.4 Å². The van der Waals surface area contributed by atoms with Crippen LogP contribution in [0.2, 0.25) is 0 Å². The van der Waals surface area contributed by atoms with Crippen LogP contribution in [0.4, 0.5) is 4.39 Å². The Morgan fingerprint density at radius 1 is 1.21 bits per heavy atom. The lowest BCUT2D eigenvalue weighted by atomic mass is 9.87. The topological polar surface area (TPSA) is 93.0 Å². The number of nitrogens with zero attached hydrogens (tertiary/aromatic N) is 1. The van der Waals surface area contributed by atoms with E-state index in [9.17, 15) is 9.18 Å². The highest BCUT2D eigenvalue weighted by molar-refractivity contribution is 5.92. The van der Waals surface area contributed by atoms with Crippen LogP contribution in [0.15, 0.2) is 60.9 Å². The van der Waals surface area contributed by atoms with Crippen LogP contribution in [-0.4, -0.2) is 22.4 Å². The highest BCUT2D eigenvalue weighted by atomic mass is 19.1. The summed E-state index contributed by atoms with van der Waals surface area (Å²) in [5, 5.41) is 4.62. The quantitative estimate of drug-likeness (QED) is 0.382. The van der Waals surface area contributed by atoms with Gasteiger partial charge in [0.1, 0.15) is 11.6 Å². The van der Waals surface area contributed by atoms with Crippen molar-refractivity contribution in [2.24, 2.45) is 5.73 Å². The van der Waals surface area contributed by atoms with Gasteiger partial charge in [0.2, 0.25) is 11.8 Å². The molecule has 168 valence electrons. The number of H-pyrrole nitrogens is 1. The van der Waals surface area contributed by atoms with Gasteiger partial charge < -0.3 is 20.8 Å². The summed E-state index contributed by atoms with van der Waals surface area (Å²) in [4.78, 5) is 18.6. The third kappa shape index (κ3) is 4.59. The van der Waals surface area contributed by atoms with Gasteiger partial charge in [0.05, 0.1) is 5.56 Å². The molecule has 2 aromatic carbocycles. The summed E-state index contributed by atoms with van der Waals surface area (Å²) >= 11 is 0. The standard InChI is InChI=1S/C26H25FN4O2/c27-19-5-8-24-22(13-19)17(14-30-24)10-11-29-23-3-1-2-16-12-20(6-7-21(16)23)33-25-9-4-18(15-31-25)26(28)32/h4-9,12-15,23,29-30H,1-3,10-11H2,(H2,28,32). The monoisotopic (exact) mass is 444 g/mol. The number of ether oxygens (including phenoxy) is 1. The minimum atomic E-state index is -0.516. The fraction of sp³-hybridized carbons (Fsp3) is 0.231. The third-order valence-corrected chi connectivity index (χ3v) is 6.19. The van der Waals surface area contributed by atoms with Crippen molar-refractivity contribution in [3.05, 3.63) is 89.0 Å². The Hall–Kier alpha value is -3.71. The first-order valence-electron chi connectivity index (χ1n) is 11.1. The van der Waals surface area contributed by atoms with Gasteiger partial charge in [-0.1, -0.05) is 6.07 Å². The van der Waals surface area contributed by atoms with Crippen molar-refractivity contribution in [3.8, 4) is 11.6 Å². The summed E-state index contributed by atoms with van der Waals surface area (Å²) in [5.74, 6) is 0.405. The number of rotatable bonds is 7. The van der Waals surface area contributed by atoms with Crippen molar-refractivity contribution < 1.29 is 13.9 Å². The van der Waals surface area contributed by atoms with Crippen LogP contribution in [0.1, 0.15) is 45.9 Å². The molecule has 1 unspecified atom stereocenters. The highest BCUT2D eigenvalue weighted by Crippen LogP contribution is 2.33. The van der Waals surface area contributed by atoms with Crippen molar-refractivity contribution in [3.63, 3.8) is 0 Å². The van der Waals surface area contributed by atoms with Crippen molar-refractivity contribution in [1.82, 2.24) is 15.3 Å². The molecule has 0 bridgehead atoms. The van der Waals surface area contributed by atoms with E-state index in [4.69, 9.17) is 10.5 Å². The Bertz CT molecular complexity index is 1300. The predicted molar refractivity (Wildman–Crippen MR) is 125 cm³/mol. The van der Waals surface area contributed by atoms with E-state index in [1.54, 1.807) is 24.3 Å². The zero-order chi connectivity index (χ0) is 22.8. The lowest BCUT2D eigenvalue weighted by molar-refractivity contribution is 0.1000. The zero-order valence-electron chi connectivity index (χ0n) is 18.1. The molecule has 0 saturated heterocycles. The molecule has 0 saturated carbocycles. The third-order valence-electron chi connectivity index (χ3n) is 6.19. The highest BCUT2D eigenvalue weighted by Gasteiger charge is 2.20. The number of fused-ring (bicyclic) bond motifs is 2. The second-order valence-corrected chi connectivity index (χ2v) is 8.36. The van der Waals surface area contributed by atoms with Gasteiger partial charge in [0.15, 0.2) is 0 Å². The molecule has 1 atom stereocenters. The van der Waals surface area contributed by atoms with Crippen LogP contribution in [0.3, 0.4) is 0 Å². The van der Waals surface area contributed by atoms with E-state index < -0.39 is 5.91 Å². The SMILES string of the molecule is NC(=O)c1ccc(Oc2ccc3c(c2)CCCC3NCCc2c[nH]c3ccc(F)cc23)nc1. The van der Waals surface area contributed by atoms with Crippen LogP contribution in [0.25, 0.3) is 10.9 Å². The first-order valence-corrected chi connectivity index (χ1v) is 11.1. The van der Waals surface area contributed by atoms with E-state index in [0.29, 0.717) is 11.4 Å². The number of benzene rings is 2. The fourth-order valence-electron chi connectivity index (χ4n) is 4.51. The Morgan fingerprint density at radius 2 is 2.12 bits per heavy atom. The van der Waals surface area contributed by atoms with E-state index in [2.05, 4.69) is 27.4 Å². The molecule has 5 rings (SSSR count). The number of aromatic amines is 1. The summed E-state index contributed by atoms with van der Waals surface area (Å²) in [6.45, 7) is 0.807. The number of primary amides is 1. The maximum Gasteiger partial charge on any atom is 0.250 e. The average Bonchev–Trinajstić information content (AvgIpc) is 3.21. The molecule has 0 radical (unpaired) electrons. The number of carbonyl (C=O) groups excluding carboxylic acids is 1. The summed E-state index contributed by atoms with van der Waals surface area (Å²) in [6.07, 6.45) is 7.38.